The summed E-state index contributed by atoms with van der Waals surface area (Å²) in [5.41, 5.74) is 2.51. The van der Waals surface area contributed by atoms with Gasteiger partial charge in [-0.2, -0.15) is 4.52 Å². The van der Waals surface area contributed by atoms with Gasteiger partial charge >= 0.3 is 5.97 Å². The number of hydrogen-bond donors (Lipinski definition) is 1. The van der Waals surface area contributed by atoms with E-state index in [1.807, 2.05) is 13.8 Å². The van der Waals surface area contributed by atoms with Crippen molar-refractivity contribution >= 4 is 11.7 Å². The molecule has 7 nitrogen and oxygen atoms in total. The van der Waals surface area contributed by atoms with Crippen molar-refractivity contribution in [3.8, 4) is 0 Å². The maximum atomic E-state index is 10.5. The number of aryl methyl sites for hydroxylation is 2. The molecule has 0 atom stereocenters. The molecule has 2 rings (SSSR count). The van der Waals surface area contributed by atoms with Gasteiger partial charge in [0.2, 0.25) is 0 Å². The molecule has 0 aliphatic carbocycles. The fraction of sp³-hybridized carbons (Fsp3) is 0.444. The molecule has 0 radical (unpaired) electrons. The molecule has 0 amide bonds. The van der Waals surface area contributed by atoms with Gasteiger partial charge in [-0.05, 0) is 36.3 Å². The molecular formula is C9H11N5O2. The Morgan fingerprint density at radius 1 is 1.44 bits per heavy atom. The highest BCUT2D eigenvalue weighted by atomic mass is 16.4. The van der Waals surface area contributed by atoms with Crippen LogP contribution < -0.4 is 0 Å². The second kappa shape index (κ2) is 3.84. The SMILES string of the molecule is Cc1nc2nnnn2c(C)c1CCC(=O)O. The summed E-state index contributed by atoms with van der Waals surface area (Å²) >= 11 is 0. The monoisotopic (exact) mass is 221 g/mol. The first kappa shape index (κ1) is 10.5. The summed E-state index contributed by atoms with van der Waals surface area (Å²) in [5, 5.41) is 19.7. The smallest absolute Gasteiger partial charge is 0.303 e. The van der Waals surface area contributed by atoms with Gasteiger partial charge in [-0.15, -0.1) is 0 Å². The molecule has 7 heteroatoms. The van der Waals surface area contributed by atoms with Gasteiger partial charge in [0.25, 0.3) is 5.78 Å². The maximum absolute atomic E-state index is 10.5. The first-order chi connectivity index (χ1) is 7.59. The van der Waals surface area contributed by atoms with Crippen molar-refractivity contribution in [1.29, 1.82) is 0 Å². The quantitative estimate of drug-likeness (QED) is 0.793. The lowest BCUT2D eigenvalue weighted by Gasteiger charge is -2.07. The van der Waals surface area contributed by atoms with Gasteiger partial charge in [0.1, 0.15) is 0 Å². The summed E-state index contributed by atoms with van der Waals surface area (Å²) in [6.45, 7) is 3.69. The van der Waals surface area contributed by atoms with Gasteiger partial charge in [0.15, 0.2) is 0 Å². The van der Waals surface area contributed by atoms with Crippen LogP contribution in [0.1, 0.15) is 23.4 Å². The van der Waals surface area contributed by atoms with Crippen molar-refractivity contribution in [2.75, 3.05) is 0 Å². The van der Waals surface area contributed by atoms with Crippen LogP contribution in [0.25, 0.3) is 5.78 Å². The number of carbonyl (C=O) groups is 1. The lowest BCUT2D eigenvalue weighted by atomic mass is 10.1. The third-order valence-electron chi connectivity index (χ3n) is 2.50. The molecule has 0 bridgehead atoms. The third kappa shape index (κ3) is 1.71. The van der Waals surface area contributed by atoms with Crippen LogP contribution in [-0.2, 0) is 11.2 Å². The normalized spacial score (nSPS) is 10.9. The van der Waals surface area contributed by atoms with Gasteiger partial charge in [0, 0.05) is 17.8 Å². The number of aromatic nitrogens is 5. The van der Waals surface area contributed by atoms with E-state index in [1.165, 1.54) is 4.52 Å². The van der Waals surface area contributed by atoms with Gasteiger partial charge in [-0.1, -0.05) is 5.10 Å². The summed E-state index contributed by atoms with van der Waals surface area (Å²) in [5.74, 6) is -0.385. The van der Waals surface area contributed by atoms with E-state index in [-0.39, 0.29) is 6.42 Å². The second-order valence-corrected chi connectivity index (χ2v) is 3.55. The summed E-state index contributed by atoms with van der Waals surface area (Å²) < 4.78 is 1.52. The number of rotatable bonds is 3. The van der Waals surface area contributed by atoms with E-state index in [0.717, 1.165) is 17.0 Å². The number of hydrogen-bond acceptors (Lipinski definition) is 5. The molecule has 0 unspecified atom stereocenters. The predicted octanol–water partition coefficient (Wildman–Crippen LogP) is 0.153. The van der Waals surface area contributed by atoms with Crippen LogP contribution in [0.3, 0.4) is 0 Å². The maximum Gasteiger partial charge on any atom is 0.303 e. The summed E-state index contributed by atoms with van der Waals surface area (Å²) in [6.07, 6.45) is 0.521. The molecule has 1 N–H and O–H groups in total. The van der Waals surface area contributed by atoms with E-state index in [0.29, 0.717) is 12.2 Å². The fourth-order valence-corrected chi connectivity index (χ4v) is 1.67. The van der Waals surface area contributed by atoms with Crippen LogP contribution in [0.4, 0.5) is 0 Å². The predicted molar refractivity (Wildman–Crippen MR) is 54.0 cm³/mol. The van der Waals surface area contributed by atoms with Crippen molar-refractivity contribution in [3.05, 3.63) is 17.0 Å². The van der Waals surface area contributed by atoms with Crippen LogP contribution >= 0.6 is 0 Å². The van der Waals surface area contributed by atoms with E-state index in [9.17, 15) is 4.79 Å². The van der Waals surface area contributed by atoms with Crippen molar-refractivity contribution in [1.82, 2.24) is 25.0 Å². The summed E-state index contributed by atoms with van der Waals surface area (Å²) in [7, 11) is 0. The minimum atomic E-state index is -0.824. The number of fused-ring (bicyclic) bond motifs is 1. The molecule has 2 heterocycles. The Kier molecular flexibility index (Phi) is 2.51. The average molecular weight is 221 g/mol. The van der Waals surface area contributed by atoms with E-state index < -0.39 is 5.97 Å². The first-order valence-electron chi connectivity index (χ1n) is 4.85. The molecule has 84 valence electrons. The van der Waals surface area contributed by atoms with E-state index >= 15 is 0 Å². The van der Waals surface area contributed by atoms with Crippen LogP contribution in [-0.4, -0.2) is 36.1 Å². The zero-order valence-electron chi connectivity index (χ0n) is 9.01. The zero-order valence-corrected chi connectivity index (χ0v) is 9.01. The molecule has 0 aliphatic rings. The van der Waals surface area contributed by atoms with Gasteiger partial charge in [0.05, 0.1) is 0 Å². The second-order valence-electron chi connectivity index (χ2n) is 3.55. The van der Waals surface area contributed by atoms with Gasteiger partial charge < -0.3 is 5.11 Å². The standard InChI is InChI=1S/C9H11N5O2/c1-5-7(3-4-8(15)16)6(2)14-9(10-5)11-12-13-14/h3-4H2,1-2H3,(H,15,16). The molecular weight excluding hydrogens is 210 g/mol. The molecule has 2 aromatic rings. The molecule has 16 heavy (non-hydrogen) atoms. The Labute approximate surface area is 91.1 Å². The Morgan fingerprint density at radius 2 is 2.19 bits per heavy atom. The molecule has 0 aliphatic heterocycles. The number of aliphatic carboxylic acids is 1. The van der Waals surface area contributed by atoms with Crippen LogP contribution in [0.2, 0.25) is 0 Å². The highest BCUT2D eigenvalue weighted by molar-refractivity contribution is 5.67. The topological polar surface area (TPSA) is 93.3 Å². The molecule has 0 aromatic carbocycles. The summed E-state index contributed by atoms with van der Waals surface area (Å²) in [6, 6.07) is 0. The number of tetrazole rings is 1. The van der Waals surface area contributed by atoms with Crippen molar-refractivity contribution in [3.63, 3.8) is 0 Å². The van der Waals surface area contributed by atoms with E-state index in [2.05, 4.69) is 20.5 Å². The summed E-state index contributed by atoms with van der Waals surface area (Å²) in [4.78, 5) is 14.7. The van der Waals surface area contributed by atoms with Crippen LogP contribution in [0, 0.1) is 13.8 Å². The zero-order chi connectivity index (χ0) is 11.7. The van der Waals surface area contributed by atoms with Crippen LogP contribution in [0.15, 0.2) is 0 Å². The number of carboxylic acids is 1. The minimum absolute atomic E-state index is 0.0803. The molecule has 0 fully saturated rings. The minimum Gasteiger partial charge on any atom is -0.481 e. The molecule has 0 spiro atoms. The number of carboxylic acid groups (broad SMARTS) is 1. The number of nitrogens with zero attached hydrogens (tertiary/aromatic N) is 5. The van der Waals surface area contributed by atoms with Gasteiger partial charge in [-0.25, -0.2) is 4.98 Å². The lowest BCUT2D eigenvalue weighted by molar-refractivity contribution is -0.136. The van der Waals surface area contributed by atoms with E-state index in [1.54, 1.807) is 0 Å². The Morgan fingerprint density at radius 3 is 2.88 bits per heavy atom. The molecule has 0 saturated heterocycles. The largest absolute Gasteiger partial charge is 0.481 e. The van der Waals surface area contributed by atoms with Gasteiger partial charge in [-0.3, -0.25) is 4.79 Å². The Hall–Kier alpha value is -2.05. The Bertz CT molecular complexity index is 548. The lowest BCUT2D eigenvalue weighted by Crippen LogP contribution is -2.08. The van der Waals surface area contributed by atoms with Crippen molar-refractivity contribution in [2.24, 2.45) is 0 Å². The average Bonchev–Trinajstić information content (AvgIpc) is 2.64. The van der Waals surface area contributed by atoms with Crippen molar-refractivity contribution < 1.29 is 9.90 Å². The fourth-order valence-electron chi connectivity index (χ4n) is 1.67. The van der Waals surface area contributed by atoms with Crippen LogP contribution in [0.5, 0.6) is 0 Å². The highest BCUT2D eigenvalue weighted by Crippen LogP contribution is 2.14. The molecule has 0 saturated carbocycles. The third-order valence-corrected chi connectivity index (χ3v) is 2.50. The van der Waals surface area contributed by atoms with Crippen molar-refractivity contribution in [2.45, 2.75) is 26.7 Å². The Balaban J connectivity index is 2.46. The van der Waals surface area contributed by atoms with E-state index in [4.69, 9.17) is 5.11 Å². The highest BCUT2D eigenvalue weighted by Gasteiger charge is 2.12. The first-order valence-corrected chi connectivity index (χ1v) is 4.85. The molecule has 2 aromatic heterocycles.